The van der Waals surface area contributed by atoms with Gasteiger partial charge in [-0.1, -0.05) is 12.1 Å². The average Bonchev–Trinajstić information content (AvgIpc) is 2.74. The number of nitrogens with one attached hydrogen (secondary N) is 3. The van der Waals surface area contributed by atoms with Crippen LogP contribution in [0.3, 0.4) is 0 Å². The molecule has 0 unspecified atom stereocenters. The number of hydrogen-bond acceptors (Lipinski definition) is 4. The molecular weight excluding hydrogens is 409 g/mol. The van der Waals surface area contributed by atoms with Crippen LogP contribution in [0.25, 0.3) is 0 Å². The van der Waals surface area contributed by atoms with Crippen LogP contribution in [0.4, 0.5) is 19.0 Å². The molecule has 0 spiro atoms. The van der Waals surface area contributed by atoms with Crippen molar-refractivity contribution in [3.05, 3.63) is 59.3 Å². The van der Waals surface area contributed by atoms with Gasteiger partial charge in [0, 0.05) is 52.5 Å². The minimum Gasteiger partial charge on any atom is -0.368 e. The van der Waals surface area contributed by atoms with E-state index in [9.17, 15) is 18.0 Å². The van der Waals surface area contributed by atoms with Crippen LogP contribution < -0.4 is 16.0 Å². The van der Waals surface area contributed by atoms with Crippen molar-refractivity contribution in [2.24, 2.45) is 4.99 Å². The molecule has 31 heavy (non-hydrogen) atoms. The quantitative estimate of drug-likeness (QED) is 0.337. The molecule has 0 fully saturated rings. The maximum Gasteiger partial charge on any atom is 0.419 e. The summed E-state index contributed by atoms with van der Waals surface area (Å²) in [5, 5.41) is 8.87. The van der Waals surface area contributed by atoms with Crippen LogP contribution in [-0.2, 0) is 12.6 Å². The highest BCUT2D eigenvalue weighted by Gasteiger charge is 2.33. The van der Waals surface area contributed by atoms with Gasteiger partial charge < -0.3 is 20.9 Å². The van der Waals surface area contributed by atoms with E-state index in [0.717, 1.165) is 11.6 Å². The second-order valence-corrected chi connectivity index (χ2v) is 6.90. The Bertz CT molecular complexity index is 899. The van der Waals surface area contributed by atoms with Gasteiger partial charge in [0.15, 0.2) is 5.96 Å². The summed E-state index contributed by atoms with van der Waals surface area (Å²) in [5.41, 5.74) is 0.837. The number of guanidine groups is 1. The summed E-state index contributed by atoms with van der Waals surface area (Å²) in [7, 11) is 5.03. The lowest BCUT2D eigenvalue weighted by Gasteiger charge is -2.15. The van der Waals surface area contributed by atoms with E-state index in [4.69, 9.17) is 0 Å². The number of pyridine rings is 1. The van der Waals surface area contributed by atoms with Crippen LogP contribution in [0.2, 0.25) is 0 Å². The van der Waals surface area contributed by atoms with Gasteiger partial charge in [0.1, 0.15) is 5.82 Å². The summed E-state index contributed by atoms with van der Waals surface area (Å²) < 4.78 is 38.9. The third-order valence-corrected chi connectivity index (χ3v) is 4.33. The Balaban J connectivity index is 1.78. The first-order valence-electron chi connectivity index (χ1n) is 9.73. The standard InChI is InChI=1S/C21H27F3N6O/c1-25-20(28-11-9-15-6-4-7-16(14-15)19(31)30(2)3)29-13-12-27-18-17(21(22,23)24)8-5-10-26-18/h4-8,10,14H,9,11-13H2,1-3H3,(H,26,27)(H2,25,28,29). The van der Waals surface area contributed by atoms with Gasteiger partial charge in [-0.15, -0.1) is 0 Å². The monoisotopic (exact) mass is 436 g/mol. The molecule has 7 nitrogen and oxygen atoms in total. The van der Waals surface area contributed by atoms with Crippen molar-refractivity contribution in [3.8, 4) is 0 Å². The normalized spacial score (nSPS) is 11.7. The Hall–Kier alpha value is -3.30. The highest BCUT2D eigenvalue weighted by atomic mass is 19.4. The Kier molecular flexibility index (Phi) is 8.65. The number of rotatable bonds is 8. The topological polar surface area (TPSA) is 81.6 Å². The number of benzene rings is 1. The molecule has 168 valence electrons. The first kappa shape index (κ1) is 24.0. The summed E-state index contributed by atoms with van der Waals surface area (Å²) in [6, 6.07) is 9.67. The van der Waals surface area contributed by atoms with Gasteiger partial charge in [-0.2, -0.15) is 13.2 Å². The Morgan fingerprint density at radius 2 is 1.84 bits per heavy atom. The summed E-state index contributed by atoms with van der Waals surface area (Å²) in [5.74, 6) is 0.271. The van der Waals surface area contributed by atoms with E-state index in [2.05, 4.69) is 25.9 Å². The molecule has 0 atom stereocenters. The molecule has 2 rings (SSSR count). The van der Waals surface area contributed by atoms with Crippen LogP contribution in [0.1, 0.15) is 21.5 Å². The van der Waals surface area contributed by atoms with Crippen LogP contribution in [0.5, 0.6) is 0 Å². The summed E-state index contributed by atoms with van der Waals surface area (Å²) in [4.78, 5) is 21.4. The van der Waals surface area contributed by atoms with Crippen LogP contribution in [0.15, 0.2) is 47.6 Å². The molecule has 0 saturated heterocycles. The predicted molar refractivity (Wildman–Crippen MR) is 115 cm³/mol. The molecule has 0 saturated carbocycles. The van der Waals surface area contributed by atoms with Crippen molar-refractivity contribution in [2.75, 3.05) is 46.1 Å². The second kappa shape index (κ2) is 11.2. The number of anilines is 1. The Morgan fingerprint density at radius 1 is 1.10 bits per heavy atom. The lowest BCUT2D eigenvalue weighted by atomic mass is 10.1. The summed E-state index contributed by atoms with van der Waals surface area (Å²) >= 11 is 0. The van der Waals surface area contributed by atoms with E-state index in [0.29, 0.717) is 31.0 Å². The van der Waals surface area contributed by atoms with E-state index in [1.54, 1.807) is 27.2 Å². The number of carbonyl (C=O) groups is 1. The molecule has 0 aliphatic rings. The number of carbonyl (C=O) groups excluding carboxylic acids is 1. The van der Waals surface area contributed by atoms with E-state index >= 15 is 0 Å². The largest absolute Gasteiger partial charge is 0.419 e. The highest BCUT2D eigenvalue weighted by molar-refractivity contribution is 5.94. The fourth-order valence-electron chi connectivity index (χ4n) is 2.80. The van der Waals surface area contributed by atoms with Crippen molar-refractivity contribution in [1.82, 2.24) is 20.5 Å². The maximum absolute atomic E-state index is 13.0. The molecule has 0 aliphatic carbocycles. The van der Waals surface area contributed by atoms with Gasteiger partial charge in [0.25, 0.3) is 5.91 Å². The fourth-order valence-corrected chi connectivity index (χ4v) is 2.80. The smallest absolute Gasteiger partial charge is 0.368 e. The zero-order valence-corrected chi connectivity index (χ0v) is 17.8. The minimum atomic E-state index is -4.46. The van der Waals surface area contributed by atoms with Crippen LogP contribution in [-0.4, -0.2) is 62.5 Å². The molecule has 0 radical (unpaired) electrons. The van der Waals surface area contributed by atoms with E-state index < -0.39 is 11.7 Å². The molecule has 1 aromatic heterocycles. The number of amides is 1. The number of halogens is 3. The molecular formula is C21H27F3N6O. The molecule has 1 heterocycles. The van der Waals surface area contributed by atoms with Crippen LogP contribution >= 0.6 is 0 Å². The molecule has 3 N–H and O–H groups in total. The van der Waals surface area contributed by atoms with Gasteiger partial charge >= 0.3 is 6.18 Å². The number of hydrogen-bond donors (Lipinski definition) is 3. The zero-order valence-electron chi connectivity index (χ0n) is 17.8. The molecule has 0 aliphatic heterocycles. The lowest BCUT2D eigenvalue weighted by Crippen LogP contribution is -2.40. The van der Waals surface area contributed by atoms with Crippen molar-refractivity contribution in [1.29, 1.82) is 0 Å². The van der Waals surface area contributed by atoms with Crippen molar-refractivity contribution < 1.29 is 18.0 Å². The maximum atomic E-state index is 13.0. The van der Waals surface area contributed by atoms with Crippen molar-refractivity contribution in [3.63, 3.8) is 0 Å². The van der Waals surface area contributed by atoms with Gasteiger partial charge in [0.2, 0.25) is 0 Å². The van der Waals surface area contributed by atoms with Gasteiger partial charge in [-0.3, -0.25) is 9.79 Å². The molecule has 0 bridgehead atoms. The molecule has 2 aromatic rings. The third-order valence-electron chi connectivity index (χ3n) is 4.33. The minimum absolute atomic E-state index is 0.0543. The SMILES string of the molecule is CN=C(NCCNc1ncccc1C(F)(F)F)NCCc1cccc(C(=O)N(C)C)c1. The summed E-state index contributed by atoms with van der Waals surface area (Å²) in [6.07, 6.45) is -2.47. The summed E-state index contributed by atoms with van der Waals surface area (Å²) in [6.45, 7) is 1.15. The molecule has 1 amide bonds. The highest BCUT2D eigenvalue weighted by Crippen LogP contribution is 2.33. The Labute approximate surface area is 179 Å². The lowest BCUT2D eigenvalue weighted by molar-refractivity contribution is -0.137. The molecule has 1 aromatic carbocycles. The Morgan fingerprint density at radius 3 is 2.52 bits per heavy atom. The number of alkyl halides is 3. The van der Waals surface area contributed by atoms with Crippen molar-refractivity contribution >= 4 is 17.7 Å². The molecule has 10 heteroatoms. The van der Waals surface area contributed by atoms with E-state index in [1.807, 2.05) is 18.2 Å². The van der Waals surface area contributed by atoms with E-state index in [-0.39, 0.29) is 18.3 Å². The first-order chi connectivity index (χ1) is 14.7. The first-order valence-corrected chi connectivity index (χ1v) is 9.73. The second-order valence-electron chi connectivity index (χ2n) is 6.90. The predicted octanol–water partition coefficient (Wildman–Crippen LogP) is 2.62. The average molecular weight is 436 g/mol. The van der Waals surface area contributed by atoms with Gasteiger partial charge in [-0.05, 0) is 36.2 Å². The number of nitrogens with zero attached hydrogens (tertiary/aromatic N) is 3. The number of aliphatic imine (C=N–C) groups is 1. The van der Waals surface area contributed by atoms with Gasteiger partial charge in [-0.25, -0.2) is 4.98 Å². The van der Waals surface area contributed by atoms with E-state index in [1.165, 1.54) is 17.2 Å². The third kappa shape index (κ3) is 7.47. The van der Waals surface area contributed by atoms with Crippen LogP contribution in [0, 0.1) is 0 Å². The zero-order chi connectivity index (χ0) is 22.9. The van der Waals surface area contributed by atoms with Gasteiger partial charge in [0.05, 0.1) is 5.56 Å². The van der Waals surface area contributed by atoms with Crippen molar-refractivity contribution in [2.45, 2.75) is 12.6 Å². The number of aromatic nitrogens is 1. The fraction of sp³-hybridized carbons (Fsp3) is 0.381.